The van der Waals surface area contributed by atoms with Crippen molar-refractivity contribution in [3.63, 3.8) is 0 Å². The molecular formula is C14H14N2O5S. The van der Waals surface area contributed by atoms with E-state index in [4.69, 9.17) is 4.74 Å². The number of rotatable bonds is 4. The zero-order valence-electron chi connectivity index (χ0n) is 11.9. The van der Waals surface area contributed by atoms with Gasteiger partial charge in [-0.1, -0.05) is 18.2 Å². The number of hydrogen-bond donors (Lipinski definition) is 2. The van der Waals surface area contributed by atoms with Crippen LogP contribution in [0.15, 0.2) is 51.5 Å². The van der Waals surface area contributed by atoms with E-state index in [2.05, 4.69) is 10.2 Å². The highest BCUT2D eigenvalue weighted by atomic mass is 32.2. The van der Waals surface area contributed by atoms with Gasteiger partial charge in [-0.05, 0) is 30.7 Å². The van der Waals surface area contributed by atoms with Crippen LogP contribution >= 0.6 is 0 Å². The van der Waals surface area contributed by atoms with Crippen LogP contribution in [0.4, 0.5) is 11.4 Å². The summed E-state index contributed by atoms with van der Waals surface area (Å²) < 4.78 is 36.9. The van der Waals surface area contributed by atoms with E-state index in [0.717, 1.165) is 0 Å². The maximum atomic E-state index is 11.4. The molecule has 2 rings (SSSR count). The van der Waals surface area contributed by atoms with E-state index in [9.17, 15) is 18.1 Å². The van der Waals surface area contributed by atoms with E-state index in [-0.39, 0.29) is 17.0 Å². The van der Waals surface area contributed by atoms with Gasteiger partial charge in [0.05, 0.1) is 12.8 Å². The molecule has 7 nitrogen and oxygen atoms in total. The second-order valence-corrected chi connectivity index (χ2v) is 5.79. The summed E-state index contributed by atoms with van der Waals surface area (Å²) in [7, 11) is -3.36. The van der Waals surface area contributed by atoms with Crippen molar-refractivity contribution in [2.45, 2.75) is 11.8 Å². The van der Waals surface area contributed by atoms with E-state index >= 15 is 0 Å². The van der Waals surface area contributed by atoms with Crippen LogP contribution in [0.5, 0.6) is 11.5 Å². The molecule has 0 aliphatic heterocycles. The highest BCUT2D eigenvalue weighted by Crippen LogP contribution is 2.43. The molecular weight excluding hydrogens is 308 g/mol. The van der Waals surface area contributed by atoms with Crippen molar-refractivity contribution < 1.29 is 22.8 Å². The zero-order valence-corrected chi connectivity index (χ0v) is 12.7. The minimum atomic E-state index is -4.54. The lowest BCUT2D eigenvalue weighted by molar-refractivity contribution is 0.360. The van der Waals surface area contributed by atoms with Crippen molar-refractivity contribution >= 4 is 21.5 Å². The van der Waals surface area contributed by atoms with Crippen LogP contribution in [0.1, 0.15) is 5.56 Å². The predicted octanol–water partition coefficient (Wildman–Crippen LogP) is 3.37. The molecule has 0 amide bonds. The van der Waals surface area contributed by atoms with Gasteiger partial charge < -0.3 is 9.84 Å². The van der Waals surface area contributed by atoms with Gasteiger partial charge in [0.15, 0.2) is 11.5 Å². The molecule has 2 aromatic rings. The van der Waals surface area contributed by atoms with Gasteiger partial charge in [-0.3, -0.25) is 4.55 Å². The van der Waals surface area contributed by atoms with E-state index in [1.807, 2.05) is 6.07 Å². The van der Waals surface area contributed by atoms with E-state index < -0.39 is 20.8 Å². The maximum Gasteiger partial charge on any atom is 0.298 e. The first-order chi connectivity index (χ1) is 10.3. The Balaban J connectivity index is 2.56. The van der Waals surface area contributed by atoms with Crippen molar-refractivity contribution in [3.05, 3.63) is 42.0 Å². The van der Waals surface area contributed by atoms with Gasteiger partial charge in [-0.15, -0.1) is 5.11 Å². The number of aromatic hydroxyl groups is 1. The summed E-state index contributed by atoms with van der Waals surface area (Å²) in [5, 5.41) is 17.9. The molecule has 8 heteroatoms. The number of methoxy groups -OCH3 is 1. The van der Waals surface area contributed by atoms with E-state index in [1.54, 1.807) is 24.3 Å². The fourth-order valence-corrected chi connectivity index (χ4v) is 2.81. The Morgan fingerprint density at radius 1 is 1.14 bits per heavy atom. The molecule has 0 aliphatic rings. The first-order valence-corrected chi connectivity index (χ1v) is 7.63. The lowest BCUT2D eigenvalue weighted by atomic mass is 10.2. The lowest BCUT2D eigenvalue weighted by Gasteiger charge is -2.12. The summed E-state index contributed by atoms with van der Waals surface area (Å²) in [6.07, 6.45) is 0. The van der Waals surface area contributed by atoms with Gasteiger partial charge >= 0.3 is 0 Å². The molecule has 0 saturated heterocycles. The highest BCUT2D eigenvalue weighted by molar-refractivity contribution is 7.86. The number of benzene rings is 2. The number of phenols is 1. The van der Waals surface area contributed by atoms with E-state index in [0.29, 0.717) is 5.69 Å². The fraction of sp³-hybridized carbons (Fsp3) is 0.143. The summed E-state index contributed by atoms with van der Waals surface area (Å²) in [5.41, 5.74) is 0.780. The summed E-state index contributed by atoms with van der Waals surface area (Å²) in [6, 6.07) is 10.1. The number of hydrogen-bond acceptors (Lipinski definition) is 6. The third-order valence-electron chi connectivity index (χ3n) is 2.87. The third-order valence-corrected chi connectivity index (χ3v) is 3.89. The molecule has 0 spiro atoms. The smallest absolute Gasteiger partial charge is 0.298 e. The first-order valence-electron chi connectivity index (χ1n) is 6.19. The molecule has 0 heterocycles. The molecule has 2 N–H and O–H groups in total. The van der Waals surface area contributed by atoms with Crippen molar-refractivity contribution in [2.24, 2.45) is 10.2 Å². The molecule has 0 atom stereocenters. The maximum absolute atomic E-state index is 11.4. The van der Waals surface area contributed by atoms with Gasteiger partial charge in [-0.25, -0.2) is 0 Å². The highest BCUT2D eigenvalue weighted by Gasteiger charge is 2.25. The average molecular weight is 322 g/mol. The fourth-order valence-electron chi connectivity index (χ4n) is 1.93. The van der Waals surface area contributed by atoms with Crippen LogP contribution in [0.2, 0.25) is 0 Å². The average Bonchev–Trinajstić information content (AvgIpc) is 2.47. The number of aryl methyl sites for hydroxylation is 1. The molecule has 0 fully saturated rings. The van der Waals surface area contributed by atoms with Crippen molar-refractivity contribution in [1.29, 1.82) is 0 Å². The Morgan fingerprint density at radius 3 is 2.32 bits per heavy atom. The molecule has 0 bridgehead atoms. The number of nitrogens with zero attached hydrogens (tertiary/aromatic N) is 2. The standard InChI is InChI=1S/C14H14N2O5S/c1-9-8-11(16-15-10-6-4-3-5-7-10)12(17)13(21-2)14(9)22(18,19)20/h3-8,17H,1-2H3,(H,18,19,20)/b16-15+. The lowest BCUT2D eigenvalue weighted by Crippen LogP contribution is -2.04. The summed E-state index contributed by atoms with van der Waals surface area (Å²) >= 11 is 0. The molecule has 0 aliphatic carbocycles. The van der Waals surface area contributed by atoms with Crippen molar-refractivity contribution in [3.8, 4) is 11.5 Å². The molecule has 0 aromatic heterocycles. The Kier molecular flexibility index (Phi) is 4.43. The minimum Gasteiger partial charge on any atom is -0.503 e. The van der Waals surface area contributed by atoms with Gasteiger partial charge in [0.1, 0.15) is 10.6 Å². The van der Waals surface area contributed by atoms with Gasteiger partial charge in [-0.2, -0.15) is 13.5 Å². The number of phenolic OH excluding ortho intramolecular Hbond substituents is 1. The van der Waals surface area contributed by atoms with Crippen molar-refractivity contribution in [2.75, 3.05) is 7.11 Å². The summed E-state index contributed by atoms with van der Waals surface area (Å²) in [5.74, 6) is -0.884. The quantitative estimate of drug-likeness (QED) is 0.662. The van der Waals surface area contributed by atoms with Crippen LogP contribution in [-0.2, 0) is 10.1 Å². The molecule has 0 saturated carbocycles. The first kappa shape index (κ1) is 15.9. The predicted molar refractivity (Wildman–Crippen MR) is 79.8 cm³/mol. The second-order valence-electron chi connectivity index (χ2n) is 4.43. The van der Waals surface area contributed by atoms with Crippen LogP contribution in [0.3, 0.4) is 0 Å². The Labute approximate surface area is 127 Å². The largest absolute Gasteiger partial charge is 0.503 e. The molecule has 0 unspecified atom stereocenters. The van der Waals surface area contributed by atoms with Crippen LogP contribution in [-0.4, -0.2) is 25.2 Å². The monoisotopic (exact) mass is 322 g/mol. The Bertz CT molecular complexity index is 817. The van der Waals surface area contributed by atoms with Gasteiger partial charge in [0, 0.05) is 0 Å². The molecule has 116 valence electrons. The van der Waals surface area contributed by atoms with Gasteiger partial charge in [0.25, 0.3) is 10.1 Å². The van der Waals surface area contributed by atoms with Crippen molar-refractivity contribution in [1.82, 2.24) is 0 Å². The topological polar surface area (TPSA) is 109 Å². The molecule has 2 aromatic carbocycles. The Hall–Kier alpha value is -2.45. The third kappa shape index (κ3) is 3.23. The van der Waals surface area contributed by atoms with Crippen LogP contribution in [0.25, 0.3) is 0 Å². The Morgan fingerprint density at radius 2 is 1.77 bits per heavy atom. The SMILES string of the molecule is COc1c(O)c(/N=N/c2ccccc2)cc(C)c1S(=O)(=O)O. The number of ether oxygens (including phenoxy) is 1. The normalized spacial score (nSPS) is 11.8. The minimum absolute atomic E-state index is 0.0330. The zero-order chi connectivity index (χ0) is 16.3. The van der Waals surface area contributed by atoms with Crippen LogP contribution < -0.4 is 4.74 Å². The summed E-state index contributed by atoms with van der Waals surface area (Å²) in [6.45, 7) is 1.45. The van der Waals surface area contributed by atoms with Gasteiger partial charge in [0.2, 0.25) is 0 Å². The molecule has 22 heavy (non-hydrogen) atoms. The summed E-state index contributed by atoms with van der Waals surface area (Å²) in [4.78, 5) is -0.494. The van der Waals surface area contributed by atoms with Crippen LogP contribution in [0, 0.1) is 6.92 Å². The number of azo groups is 1. The van der Waals surface area contributed by atoms with E-state index in [1.165, 1.54) is 20.1 Å². The molecule has 0 radical (unpaired) electrons. The second kappa shape index (κ2) is 6.12.